The van der Waals surface area contributed by atoms with Crippen molar-refractivity contribution in [3.8, 4) is 0 Å². The first kappa shape index (κ1) is 16.3. The first-order chi connectivity index (χ1) is 9.49. The molecule has 21 heavy (non-hydrogen) atoms. The van der Waals surface area contributed by atoms with Crippen LogP contribution in [0.15, 0.2) is 11.3 Å². The molecule has 0 spiro atoms. The van der Waals surface area contributed by atoms with E-state index in [1.165, 1.54) is 0 Å². The van der Waals surface area contributed by atoms with E-state index < -0.39 is 50.4 Å². The van der Waals surface area contributed by atoms with Crippen LogP contribution in [-0.4, -0.2) is 59.0 Å². The molecule has 0 aromatic heterocycles. The van der Waals surface area contributed by atoms with Gasteiger partial charge in [0.1, 0.15) is 16.7 Å². The van der Waals surface area contributed by atoms with Crippen molar-refractivity contribution in [3.63, 3.8) is 0 Å². The molecule has 2 aliphatic heterocycles. The van der Waals surface area contributed by atoms with Gasteiger partial charge in [-0.1, -0.05) is 0 Å². The zero-order chi connectivity index (χ0) is 16.2. The molecule has 1 N–H and O–H groups in total. The Bertz CT molecular complexity index is 633. The van der Waals surface area contributed by atoms with Crippen LogP contribution in [0.2, 0.25) is 0 Å². The Labute approximate surface area is 127 Å². The minimum absolute atomic E-state index is 0.0579. The molecule has 2 heterocycles. The van der Waals surface area contributed by atoms with Gasteiger partial charge in [0.25, 0.3) is 0 Å². The molecule has 0 aromatic rings. The van der Waals surface area contributed by atoms with Crippen molar-refractivity contribution < 1.29 is 27.9 Å². The highest BCUT2D eigenvalue weighted by Gasteiger charge is 2.59. The zero-order valence-electron chi connectivity index (χ0n) is 11.8. The molecule has 1 amide bonds. The lowest BCUT2D eigenvalue weighted by Gasteiger charge is -2.47. The Morgan fingerprint density at radius 1 is 1.48 bits per heavy atom. The lowest BCUT2D eigenvalue weighted by atomic mass is 10.1. The summed E-state index contributed by atoms with van der Waals surface area (Å²) in [5.74, 6) is -2.05. The van der Waals surface area contributed by atoms with Crippen molar-refractivity contribution >= 4 is 33.3 Å². The Hall–Kier alpha value is -1.12. The number of rotatable bonds is 2. The smallest absolute Gasteiger partial charge is 0.355 e. The maximum Gasteiger partial charge on any atom is 0.355 e. The molecular formula is C12H16ClNO6S. The SMILES string of the molecule is CC(C)(C)OC(=O)C1=C(CO)CS(=O)(=O)[C@@H]2[C@@H](Cl)C(=O)N12. The number of alkyl halides is 1. The van der Waals surface area contributed by atoms with Gasteiger partial charge >= 0.3 is 5.97 Å². The summed E-state index contributed by atoms with van der Waals surface area (Å²) in [6, 6.07) is 0. The van der Waals surface area contributed by atoms with Crippen molar-refractivity contribution in [2.45, 2.75) is 37.1 Å². The highest BCUT2D eigenvalue weighted by Crippen LogP contribution is 2.39. The summed E-state index contributed by atoms with van der Waals surface area (Å²) < 4.78 is 29.3. The van der Waals surface area contributed by atoms with E-state index in [1.807, 2.05) is 0 Å². The molecule has 7 nitrogen and oxygen atoms in total. The van der Waals surface area contributed by atoms with Gasteiger partial charge in [0.05, 0.1) is 12.4 Å². The molecular weight excluding hydrogens is 322 g/mol. The predicted octanol–water partition coefficient (Wildman–Crippen LogP) is -0.221. The summed E-state index contributed by atoms with van der Waals surface area (Å²) in [4.78, 5) is 24.9. The van der Waals surface area contributed by atoms with Gasteiger partial charge in [-0.3, -0.25) is 9.69 Å². The molecule has 0 radical (unpaired) electrons. The van der Waals surface area contributed by atoms with E-state index in [0.717, 1.165) is 4.90 Å². The minimum atomic E-state index is -3.73. The van der Waals surface area contributed by atoms with Gasteiger partial charge in [0.2, 0.25) is 5.91 Å². The van der Waals surface area contributed by atoms with E-state index in [1.54, 1.807) is 20.8 Å². The van der Waals surface area contributed by atoms with E-state index >= 15 is 0 Å². The number of carbonyl (C=O) groups excluding carboxylic acids is 2. The number of ether oxygens (including phenoxy) is 1. The van der Waals surface area contributed by atoms with E-state index in [2.05, 4.69) is 0 Å². The number of aliphatic hydroxyl groups excluding tert-OH is 1. The maximum atomic E-state index is 12.2. The monoisotopic (exact) mass is 337 g/mol. The molecule has 2 rings (SSSR count). The largest absolute Gasteiger partial charge is 0.455 e. The van der Waals surface area contributed by atoms with Gasteiger partial charge in [-0.2, -0.15) is 0 Å². The van der Waals surface area contributed by atoms with Gasteiger partial charge in [-0.15, -0.1) is 11.6 Å². The number of aliphatic hydroxyl groups is 1. The van der Waals surface area contributed by atoms with Crippen LogP contribution in [0.3, 0.4) is 0 Å². The van der Waals surface area contributed by atoms with Gasteiger partial charge in [0, 0.05) is 5.57 Å². The van der Waals surface area contributed by atoms with Crippen LogP contribution in [0.25, 0.3) is 0 Å². The number of halogens is 1. The van der Waals surface area contributed by atoms with Crippen LogP contribution in [0.1, 0.15) is 20.8 Å². The quantitative estimate of drug-likeness (QED) is 0.424. The van der Waals surface area contributed by atoms with Gasteiger partial charge in [-0.25, -0.2) is 13.2 Å². The molecule has 0 unspecified atom stereocenters. The Kier molecular flexibility index (Phi) is 3.84. The number of β-lactam (4-membered cyclic amide) rings is 1. The number of hydrogen-bond donors (Lipinski definition) is 1. The second-order valence-electron chi connectivity index (χ2n) is 5.92. The Morgan fingerprint density at radius 2 is 2.05 bits per heavy atom. The molecule has 1 fully saturated rings. The van der Waals surface area contributed by atoms with Crippen LogP contribution in [0.5, 0.6) is 0 Å². The third kappa shape index (κ3) is 2.67. The lowest BCUT2D eigenvalue weighted by Crippen LogP contribution is -2.68. The van der Waals surface area contributed by atoms with Crippen molar-refractivity contribution in [1.29, 1.82) is 0 Å². The molecule has 2 atom stereocenters. The molecule has 2 aliphatic rings. The summed E-state index contributed by atoms with van der Waals surface area (Å²) in [6.07, 6.45) is 0. The van der Waals surface area contributed by atoms with Crippen molar-refractivity contribution in [2.75, 3.05) is 12.4 Å². The summed E-state index contributed by atoms with van der Waals surface area (Å²) in [5, 5.41) is 6.83. The minimum Gasteiger partial charge on any atom is -0.455 e. The number of sulfone groups is 1. The molecule has 0 aliphatic carbocycles. The summed E-state index contributed by atoms with van der Waals surface area (Å²) >= 11 is 5.74. The van der Waals surface area contributed by atoms with Crippen LogP contribution < -0.4 is 0 Å². The number of esters is 1. The van der Waals surface area contributed by atoms with Crippen LogP contribution in [0, 0.1) is 0 Å². The number of amides is 1. The first-order valence-electron chi connectivity index (χ1n) is 6.24. The number of carbonyl (C=O) groups is 2. The second kappa shape index (κ2) is 4.96. The number of fused-ring (bicyclic) bond motifs is 1. The van der Waals surface area contributed by atoms with Crippen LogP contribution in [-0.2, 0) is 24.2 Å². The fraction of sp³-hybridized carbons (Fsp3) is 0.667. The Morgan fingerprint density at radius 3 is 2.52 bits per heavy atom. The number of nitrogens with zero attached hydrogens (tertiary/aromatic N) is 1. The standard InChI is InChI=1S/C12H16ClNO6S/c1-12(2,3)20-11(17)8-6(4-15)5-21(18,19)10-7(13)9(16)14(8)10/h7,10,15H,4-5H2,1-3H3/t7-,10+/m0/s1. The molecule has 0 aromatic carbocycles. The maximum absolute atomic E-state index is 12.2. The molecule has 118 valence electrons. The molecule has 0 saturated carbocycles. The zero-order valence-corrected chi connectivity index (χ0v) is 13.4. The normalized spacial score (nSPS) is 28.0. The molecule has 9 heteroatoms. The van der Waals surface area contributed by atoms with Gasteiger partial charge < -0.3 is 9.84 Å². The topological polar surface area (TPSA) is 101 Å². The third-order valence-corrected chi connectivity index (χ3v) is 5.62. The van der Waals surface area contributed by atoms with E-state index in [0.29, 0.717) is 0 Å². The molecule has 1 saturated heterocycles. The van der Waals surface area contributed by atoms with Crippen molar-refractivity contribution in [3.05, 3.63) is 11.3 Å². The second-order valence-corrected chi connectivity index (χ2v) is 8.49. The lowest BCUT2D eigenvalue weighted by molar-refractivity contribution is -0.157. The van der Waals surface area contributed by atoms with Gasteiger partial charge in [0.15, 0.2) is 15.2 Å². The van der Waals surface area contributed by atoms with Crippen molar-refractivity contribution in [2.24, 2.45) is 0 Å². The summed E-state index contributed by atoms with van der Waals surface area (Å²) in [6.45, 7) is 4.27. The number of hydrogen-bond acceptors (Lipinski definition) is 6. The van der Waals surface area contributed by atoms with Crippen LogP contribution >= 0.6 is 11.6 Å². The predicted molar refractivity (Wildman–Crippen MR) is 74.0 cm³/mol. The van der Waals surface area contributed by atoms with Crippen molar-refractivity contribution in [1.82, 2.24) is 4.90 Å². The van der Waals surface area contributed by atoms with E-state index in [9.17, 15) is 23.1 Å². The van der Waals surface area contributed by atoms with E-state index in [4.69, 9.17) is 16.3 Å². The summed E-state index contributed by atoms with van der Waals surface area (Å²) in [5.41, 5.74) is -1.09. The highest BCUT2D eigenvalue weighted by molar-refractivity contribution is 7.92. The van der Waals surface area contributed by atoms with E-state index in [-0.39, 0.29) is 11.3 Å². The van der Waals surface area contributed by atoms with Gasteiger partial charge in [-0.05, 0) is 20.8 Å². The third-order valence-electron chi connectivity index (χ3n) is 3.08. The first-order valence-corrected chi connectivity index (χ1v) is 8.40. The van der Waals surface area contributed by atoms with Crippen LogP contribution in [0.4, 0.5) is 0 Å². The fourth-order valence-electron chi connectivity index (χ4n) is 2.27. The fourth-order valence-corrected chi connectivity index (χ4v) is 4.85. The summed E-state index contributed by atoms with van der Waals surface area (Å²) in [7, 11) is -3.73. The molecule has 0 bridgehead atoms. The average molecular weight is 338 g/mol. The highest BCUT2D eigenvalue weighted by atomic mass is 35.5. The Balaban J connectivity index is 2.48. The average Bonchev–Trinajstić information content (AvgIpc) is 2.33.